The summed E-state index contributed by atoms with van der Waals surface area (Å²) >= 11 is 0. The van der Waals surface area contributed by atoms with Crippen LogP contribution in [0.25, 0.3) is 6.08 Å². The molecule has 26 heavy (non-hydrogen) atoms. The Balaban J connectivity index is 1.64. The molecular formula is C20H22N2O3S. The zero-order valence-corrected chi connectivity index (χ0v) is 15.4. The van der Waals surface area contributed by atoms with Gasteiger partial charge >= 0.3 is 0 Å². The highest BCUT2D eigenvalue weighted by Gasteiger charge is 2.39. The molecule has 2 aromatic rings. The maximum atomic E-state index is 12.4. The summed E-state index contributed by atoms with van der Waals surface area (Å²) in [6.07, 6.45) is 7.34. The molecule has 5 nitrogen and oxygen atoms in total. The summed E-state index contributed by atoms with van der Waals surface area (Å²) in [5.74, 6) is -0.133. The number of nitrogens with one attached hydrogen (secondary N) is 2. The van der Waals surface area contributed by atoms with Crippen molar-refractivity contribution in [3.8, 4) is 0 Å². The highest BCUT2D eigenvalue weighted by atomic mass is 32.2. The first-order valence-electron chi connectivity index (χ1n) is 8.50. The number of sulfonamides is 1. The normalized spacial score (nSPS) is 16.0. The third kappa shape index (κ3) is 4.52. The molecule has 2 N–H and O–H groups in total. The number of hydrogen-bond acceptors (Lipinski definition) is 3. The summed E-state index contributed by atoms with van der Waals surface area (Å²) in [5.41, 5.74) is 2.20. The molecule has 1 aliphatic rings. The van der Waals surface area contributed by atoms with Crippen LogP contribution in [0.5, 0.6) is 0 Å². The number of carbonyl (C=O) groups excluding carboxylic acids is 1. The Bertz CT molecular complexity index is 900. The topological polar surface area (TPSA) is 75.3 Å². The standard InChI is InChI=1S/C20H22N2O3S/c1-26(24,25)22-18-11-8-16(9-12-18)10-13-19(23)21-20(14-5-15-20)17-6-3-2-4-7-17/h2-4,6-13,22H,5,14-15H2,1H3,(H,21,23)/b13-10+. The second kappa shape index (κ2) is 7.33. The van der Waals surface area contributed by atoms with E-state index in [2.05, 4.69) is 22.2 Å². The third-order valence-corrected chi connectivity index (χ3v) is 5.14. The first-order chi connectivity index (χ1) is 12.4. The lowest BCUT2D eigenvalue weighted by molar-refractivity contribution is -0.119. The van der Waals surface area contributed by atoms with E-state index >= 15 is 0 Å². The van der Waals surface area contributed by atoms with E-state index in [1.165, 1.54) is 6.08 Å². The van der Waals surface area contributed by atoms with E-state index in [4.69, 9.17) is 0 Å². The first kappa shape index (κ1) is 18.2. The lowest BCUT2D eigenvalue weighted by Crippen LogP contribution is -2.50. The Hall–Kier alpha value is -2.60. The molecule has 3 rings (SSSR count). The second-order valence-corrected chi connectivity index (χ2v) is 8.37. The number of anilines is 1. The van der Waals surface area contributed by atoms with Gasteiger partial charge in [-0.1, -0.05) is 42.5 Å². The molecule has 0 radical (unpaired) electrons. The van der Waals surface area contributed by atoms with E-state index in [-0.39, 0.29) is 11.4 Å². The van der Waals surface area contributed by atoms with Gasteiger partial charge in [0, 0.05) is 11.8 Å². The SMILES string of the molecule is CS(=O)(=O)Nc1ccc(/C=C/C(=O)NC2(c3ccccc3)CCC2)cc1. The van der Waals surface area contributed by atoms with E-state index in [0.717, 1.165) is 36.6 Å². The minimum absolute atomic E-state index is 0.133. The van der Waals surface area contributed by atoms with Gasteiger partial charge in [-0.05, 0) is 48.6 Å². The Morgan fingerprint density at radius 3 is 2.23 bits per heavy atom. The van der Waals surface area contributed by atoms with Crippen LogP contribution in [0, 0.1) is 0 Å². The minimum atomic E-state index is -3.29. The number of rotatable bonds is 6. The van der Waals surface area contributed by atoms with E-state index in [9.17, 15) is 13.2 Å². The van der Waals surface area contributed by atoms with Crippen molar-refractivity contribution in [1.29, 1.82) is 0 Å². The zero-order chi connectivity index (χ0) is 18.6. The quantitative estimate of drug-likeness (QED) is 0.767. The summed E-state index contributed by atoms with van der Waals surface area (Å²) < 4.78 is 24.8. The van der Waals surface area contributed by atoms with Crippen molar-refractivity contribution in [2.75, 3.05) is 11.0 Å². The molecular weight excluding hydrogens is 348 g/mol. The average Bonchev–Trinajstić information content (AvgIpc) is 2.57. The molecule has 0 bridgehead atoms. The Morgan fingerprint density at radius 1 is 1.04 bits per heavy atom. The molecule has 6 heteroatoms. The van der Waals surface area contributed by atoms with E-state index in [0.29, 0.717) is 5.69 Å². The summed E-state index contributed by atoms with van der Waals surface area (Å²) in [6.45, 7) is 0. The van der Waals surface area contributed by atoms with Crippen LogP contribution in [0.4, 0.5) is 5.69 Å². The molecule has 0 heterocycles. The number of carbonyl (C=O) groups is 1. The number of benzene rings is 2. The Kier molecular flexibility index (Phi) is 5.13. The largest absolute Gasteiger partial charge is 0.343 e. The van der Waals surface area contributed by atoms with Gasteiger partial charge in [0.2, 0.25) is 15.9 Å². The van der Waals surface area contributed by atoms with Gasteiger partial charge in [-0.3, -0.25) is 9.52 Å². The van der Waals surface area contributed by atoms with Gasteiger partial charge in [-0.15, -0.1) is 0 Å². The fraction of sp³-hybridized carbons (Fsp3) is 0.250. The Morgan fingerprint density at radius 2 is 1.69 bits per heavy atom. The molecule has 0 unspecified atom stereocenters. The molecule has 0 spiro atoms. The van der Waals surface area contributed by atoms with Crippen molar-refractivity contribution in [2.24, 2.45) is 0 Å². The smallest absolute Gasteiger partial charge is 0.244 e. The molecule has 1 amide bonds. The van der Waals surface area contributed by atoms with Crippen LogP contribution in [-0.2, 0) is 20.4 Å². The lowest BCUT2D eigenvalue weighted by atomic mass is 9.72. The predicted octanol–water partition coefficient (Wildman–Crippen LogP) is 3.27. The average molecular weight is 370 g/mol. The zero-order valence-electron chi connectivity index (χ0n) is 14.6. The van der Waals surface area contributed by atoms with Gasteiger partial charge in [0.1, 0.15) is 0 Å². The summed E-state index contributed by atoms with van der Waals surface area (Å²) in [5, 5.41) is 3.14. The van der Waals surface area contributed by atoms with Crippen LogP contribution < -0.4 is 10.0 Å². The predicted molar refractivity (Wildman–Crippen MR) is 104 cm³/mol. The van der Waals surface area contributed by atoms with Crippen molar-refractivity contribution in [3.05, 3.63) is 71.8 Å². The molecule has 0 saturated heterocycles. The monoisotopic (exact) mass is 370 g/mol. The molecule has 1 fully saturated rings. The molecule has 0 atom stereocenters. The fourth-order valence-corrected chi connectivity index (χ4v) is 3.66. The van der Waals surface area contributed by atoms with Gasteiger partial charge < -0.3 is 5.32 Å². The summed E-state index contributed by atoms with van der Waals surface area (Å²) in [6, 6.07) is 16.9. The van der Waals surface area contributed by atoms with Crippen LogP contribution in [0.3, 0.4) is 0 Å². The summed E-state index contributed by atoms with van der Waals surface area (Å²) in [7, 11) is -3.29. The van der Waals surface area contributed by atoms with Crippen molar-refractivity contribution in [2.45, 2.75) is 24.8 Å². The minimum Gasteiger partial charge on any atom is -0.343 e. The first-order valence-corrected chi connectivity index (χ1v) is 10.4. The van der Waals surface area contributed by atoms with E-state index in [1.54, 1.807) is 30.3 Å². The van der Waals surface area contributed by atoms with Crippen LogP contribution in [0.1, 0.15) is 30.4 Å². The van der Waals surface area contributed by atoms with E-state index < -0.39 is 10.0 Å². The van der Waals surface area contributed by atoms with Gasteiger partial charge in [0.05, 0.1) is 11.8 Å². The molecule has 2 aromatic carbocycles. The van der Waals surface area contributed by atoms with Gasteiger partial charge in [0.25, 0.3) is 0 Å². The van der Waals surface area contributed by atoms with Gasteiger partial charge in [0.15, 0.2) is 0 Å². The van der Waals surface area contributed by atoms with Gasteiger partial charge in [-0.2, -0.15) is 0 Å². The van der Waals surface area contributed by atoms with E-state index in [1.807, 2.05) is 18.2 Å². The highest BCUT2D eigenvalue weighted by Crippen LogP contribution is 2.41. The number of amides is 1. The van der Waals surface area contributed by atoms with Crippen molar-refractivity contribution in [1.82, 2.24) is 5.32 Å². The van der Waals surface area contributed by atoms with Crippen LogP contribution in [0.15, 0.2) is 60.7 Å². The molecule has 1 aliphatic carbocycles. The Labute approximate surface area is 154 Å². The second-order valence-electron chi connectivity index (χ2n) is 6.62. The van der Waals surface area contributed by atoms with Crippen molar-refractivity contribution in [3.63, 3.8) is 0 Å². The number of hydrogen-bond donors (Lipinski definition) is 2. The fourth-order valence-electron chi connectivity index (χ4n) is 3.10. The highest BCUT2D eigenvalue weighted by molar-refractivity contribution is 7.92. The van der Waals surface area contributed by atoms with Crippen LogP contribution >= 0.6 is 0 Å². The molecule has 0 aliphatic heterocycles. The van der Waals surface area contributed by atoms with Crippen molar-refractivity contribution < 1.29 is 13.2 Å². The molecule has 0 aromatic heterocycles. The van der Waals surface area contributed by atoms with Gasteiger partial charge in [-0.25, -0.2) is 8.42 Å². The lowest BCUT2D eigenvalue weighted by Gasteiger charge is -2.42. The molecule has 136 valence electrons. The summed E-state index contributed by atoms with van der Waals surface area (Å²) in [4.78, 5) is 12.4. The van der Waals surface area contributed by atoms with Crippen molar-refractivity contribution >= 4 is 27.7 Å². The maximum absolute atomic E-state index is 12.4. The maximum Gasteiger partial charge on any atom is 0.244 e. The third-order valence-electron chi connectivity index (χ3n) is 4.54. The molecule has 1 saturated carbocycles. The van der Waals surface area contributed by atoms with Crippen LogP contribution in [0.2, 0.25) is 0 Å². The van der Waals surface area contributed by atoms with Crippen LogP contribution in [-0.4, -0.2) is 20.6 Å².